The second kappa shape index (κ2) is 14.1. The van der Waals surface area contributed by atoms with Gasteiger partial charge in [-0.05, 0) is 36.3 Å². The van der Waals surface area contributed by atoms with Crippen LogP contribution in [0.2, 0.25) is 0 Å². The van der Waals surface area contributed by atoms with Gasteiger partial charge in [0, 0.05) is 38.8 Å². The first-order valence-electron chi connectivity index (χ1n) is 9.77. The molecular formula is C20H26CuN4O6S+2. The minimum Gasteiger partial charge on any atom is -0.480 e. The topological polar surface area (TPSA) is 134 Å². The van der Waals surface area contributed by atoms with Gasteiger partial charge in [-0.3, -0.25) is 29.1 Å². The number of hydrogen-bond acceptors (Lipinski definition) is 8. The van der Waals surface area contributed by atoms with Crippen LogP contribution in [0.1, 0.15) is 5.56 Å². The van der Waals surface area contributed by atoms with Crippen molar-refractivity contribution in [2.45, 2.75) is 12.5 Å². The summed E-state index contributed by atoms with van der Waals surface area (Å²) in [5, 5.41) is 30.2. The fraction of sp³-hybridized carbons (Fsp3) is 0.500. The smallest absolute Gasteiger partial charge is 0.480 e. The molecule has 0 aromatic heterocycles. The Bertz CT molecular complexity index is 834. The standard InChI is InChI=1S/C20H26N4O6S.Cu/c25-18(26)11-22-5-6-23(12-19(27)28)10-17(24(8-7-22)13-20(29)30)9-15-1-3-16(4-2-15)21-14-31;/h1-4,17H,5-13H2,(H,25,26)(H,27,28)(H,29,30);/q;+2/t17-;/m0./s1/i;1+0. The van der Waals surface area contributed by atoms with Crippen LogP contribution in [-0.2, 0) is 37.9 Å². The van der Waals surface area contributed by atoms with Crippen LogP contribution < -0.4 is 0 Å². The summed E-state index contributed by atoms with van der Waals surface area (Å²) < 4.78 is 0. The predicted octanol–water partition coefficient (Wildman–Crippen LogP) is 0.503. The molecule has 1 heterocycles. The van der Waals surface area contributed by atoms with Gasteiger partial charge in [0.15, 0.2) is 0 Å². The Morgan fingerprint density at radius 3 is 2.00 bits per heavy atom. The van der Waals surface area contributed by atoms with Gasteiger partial charge in [0.1, 0.15) is 0 Å². The van der Waals surface area contributed by atoms with E-state index in [4.69, 9.17) is 5.11 Å². The molecule has 177 valence electrons. The molecule has 0 bridgehead atoms. The molecule has 1 atom stereocenters. The number of benzene rings is 1. The summed E-state index contributed by atoms with van der Waals surface area (Å²) in [6.07, 6.45) is 0.504. The van der Waals surface area contributed by atoms with Gasteiger partial charge in [0.05, 0.1) is 30.5 Å². The van der Waals surface area contributed by atoms with Gasteiger partial charge in [0.25, 0.3) is 0 Å². The zero-order valence-corrected chi connectivity index (χ0v) is 19.1. The van der Waals surface area contributed by atoms with Gasteiger partial charge >= 0.3 is 35.0 Å². The summed E-state index contributed by atoms with van der Waals surface area (Å²) in [4.78, 5) is 43.1. The van der Waals surface area contributed by atoms with E-state index in [0.29, 0.717) is 44.8 Å². The zero-order chi connectivity index (χ0) is 22.8. The number of nitrogens with zero attached hydrogens (tertiary/aromatic N) is 4. The quantitative estimate of drug-likeness (QED) is 0.243. The van der Waals surface area contributed by atoms with E-state index in [2.05, 4.69) is 22.4 Å². The summed E-state index contributed by atoms with van der Waals surface area (Å²) >= 11 is 4.60. The van der Waals surface area contributed by atoms with E-state index >= 15 is 0 Å². The Balaban J connectivity index is 0.00000512. The Hall–Kier alpha value is -2.17. The number of hydrogen-bond donors (Lipinski definition) is 3. The number of carboxylic acid groups (broad SMARTS) is 3. The van der Waals surface area contributed by atoms with Crippen LogP contribution >= 0.6 is 12.2 Å². The SMILES string of the molecule is O=C(O)CN1CCN(CC(=O)O)C[C@H](Cc2ccc(N=C=S)cc2)N(CC(=O)O)CC1.[64Cu+2]. The monoisotopic (exact) mass is 514 g/mol. The summed E-state index contributed by atoms with van der Waals surface area (Å²) in [6.45, 7) is 1.23. The average molecular weight is 514 g/mol. The van der Waals surface area contributed by atoms with Crippen LogP contribution in [0.15, 0.2) is 29.3 Å². The number of carboxylic acids is 3. The average Bonchev–Trinajstić information content (AvgIpc) is 2.74. The minimum absolute atomic E-state index is 0. The summed E-state index contributed by atoms with van der Waals surface area (Å²) in [6, 6.07) is 7.05. The molecule has 10 nitrogen and oxygen atoms in total. The van der Waals surface area contributed by atoms with E-state index in [0.717, 1.165) is 5.56 Å². The fourth-order valence-electron chi connectivity index (χ4n) is 3.64. The molecule has 1 aromatic rings. The van der Waals surface area contributed by atoms with Crippen molar-refractivity contribution >= 4 is 41.0 Å². The predicted molar refractivity (Wildman–Crippen MR) is 116 cm³/mol. The van der Waals surface area contributed by atoms with E-state index in [1.807, 2.05) is 12.1 Å². The van der Waals surface area contributed by atoms with E-state index in [-0.39, 0.29) is 42.7 Å². The van der Waals surface area contributed by atoms with Crippen LogP contribution in [0.25, 0.3) is 0 Å². The van der Waals surface area contributed by atoms with Crippen molar-refractivity contribution < 1.29 is 46.8 Å². The van der Waals surface area contributed by atoms with Crippen molar-refractivity contribution in [3.05, 3.63) is 29.8 Å². The number of thiocarbonyl (C=S) groups is 1. The summed E-state index contributed by atoms with van der Waals surface area (Å²) in [5.41, 5.74) is 1.60. The maximum absolute atomic E-state index is 11.5. The number of aliphatic imine (C=N–C) groups is 1. The van der Waals surface area contributed by atoms with E-state index in [1.165, 1.54) is 0 Å². The zero-order valence-electron chi connectivity index (χ0n) is 17.3. The summed E-state index contributed by atoms with van der Waals surface area (Å²) in [5.74, 6) is -2.97. The minimum atomic E-state index is -0.996. The third kappa shape index (κ3) is 9.97. The molecule has 0 amide bonds. The molecule has 1 aromatic carbocycles. The first-order chi connectivity index (χ1) is 14.8. The van der Waals surface area contributed by atoms with Gasteiger partial charge in [-0.25, -0.2) is 0 Å². The van der Waals surface area contributed by atoms with Crippen molar-refractivity contribution in [1.29, 1.82) is 0 Å². The Labute approximate surface area is 202 Å². The van der Waals surface area contributed by atoms with Gasteiger partial charge in [-0.1, -0.05) is 12.1 Å². The molecule has 12 heteroatoms. The molecule has 2 rings (SSSR count). The third-order valence-electron chi connectivity index (χ3n) is 5.06. The van der Waals surface area contributed by atoms with E-state index < -0.39 is 17.9 Å². The Kier molecular flexibility index (Phi) is 12.3. The molecule has 1 radical (unpaired) electrons. The maximum Gasteiger partial charge on any atom is 2.00 e. The van der Waals surface area contributed by atoms with Gasteiger partial charge in [-0.2, -0.15) is 4.99 Å². The second-order valence-electron chi connectivity index (χ2n) is 7.39. The molecule has 32 heavy (non-hydrogen) atoms. The molecule has 3 N–H and O–H groups in total. The first kappa shape index (κ1) is 27.9. The van der Waals surface area contributed by atoms with E-state index in [1.54, 1.807) is 26.8 Å². The van der Waals surface area contributed by atoms with Gasteiger partial charge < -0.3 is 15.3 Å². The molecule has 0 unspecified atom stereocenters. The second-order valence-corrected chi connectivity index (χ2v) is 7.57. The maximum atomic E-state index is 11.5. The Morgan fingerprint density at radius 1 is 0.906 bits per heavy atom. The normalized spacial score (nSPS) is 18.3. The van der Waals surface area contributed by atoms with Crippen LogP contribution in [0.4, 0.5) is 5.69 Å². The van der Waals surface area contributed by atoms with Gasteiger partial charge in [-0.15, -0.1) is 0 Å². The van der Waals surface area contributed by atoms with Crippen molar-refractivity contribution in [2.75, 3.05) is 52.4 Å². The molecule has 1 saturated heterocycles. The molecule has 1 fully saturated rings. The largest absolute Gasteiger partial charge is 2.00 e. The van der Waals surface area contributed by atoms with Crippen LogP contribution in [0, 0.1) is 0 Å². The fourth-order valence-corrected chi connectivity index (χ4v) is 3.75. The Morgan fingerprint density at radius 2 is 1.44 bits per heavy atom. The van der Waals surface area contributed by atoms with Gasteiger partial charge in [0.2, 0.25) is 0 Å². The van der Waals surface area contributed by atoms with Crippen LogP contribution in [0.3, 0.4) is 0 Å². The first-order valence-corrected chi connectivity index (χ1v) is 10.2. The van der Waals surface area contributed by atoms with Crippen molar-refractivity contribution in [3.8, 4) is 0 Å². The van der Waals surface area contributed by atoms with Crippen molar-refractivity contribution in [3.63, 3.8) is 0 Å². The number of rotatable bonds is 9. The molecule has 0 spiro atoms. The number of aliphatic carboxylic acids is 3. The van der Waals surface area contributed by atoms with Crippen LogP contribution in [0.5, 0.6) is 0 Å². The molecule has 0 aliphatic carbocycles. The number of isothiocyanates is 1. The molecule has 0 saturated carbocycles. The van der Waals surface area contributed by atoms with Crippen molar-refractivity contribution in [2.24, 2.45) is 4.99 Å². The van der Waals surface area contributed by atoms with Crippen LogP contribution in [-0.4, -0.2) is 111 Å². The number of carbonyl (C=O) groups is 3. The summed E-state index contributed by atoms with van der Waals surface area (Å²) in [7, 11) is 0. The van der Waals surface area contributed by atoms with Crippen molar-refractivity contribution in [1.82, 2.24) is 14.7 Å². The molecule has 1 aliphatic heterocycles. The molecule has 1 aliphatic rings. The molecular weight excluding hydrogens is 488 g/mol. The van der Waals surface area contributed by atoms with E-state index in [9.17, 15) is 24.6 Å². The third-order valence-corrected chi connectivity index (χ3v) is 5.15.